The largest absolute Gasteiger partial charge is 0.465 e. The Balaban J connectivity index is 1.92. The molecule has 0 radical (unpaired) electrons. The third-order valence-electron chi connectivity index (χ3n) is 3.17. The molecular weight excluding hydrogens is 340 g/mol. The number of carbonyl (C=O) groups is 3. The van der Waals surface area contributed by atoms with E-state index in [0.29, 0.717) is 22.6 Å². The molecule has 2 aromatic rings. The number of benzene rings is 2. The zero-order chi connectivity index (χ0) is 18.9. The average molecular weight is 356 g/mol. The van der Waals surface area contributed by atoms with Gasteiger partial charge in [-0.25, -0.2) is 14.4 Å². The summed E-state index contributed by atoms with van der Waals surface area (Å²) in [6, 6.07) is 12.1. The van der Waals surface area contributed by atoms with Gasteiger partial charge in [-0.1, -0.05) is 6.58 Å². The van der Waals surface area contributed by atoms with Crippen LogP contribution < -0.4 is 9.47 Å². The summed E-state index contributed by atoms with van der Waals surface area (Å²) in [6.07, 6.45) is 1.03. The van der Waals surface area contributed by atoms with E-state index in [4.69, 9.17) is 9.47 Å². The molecule has 0 aliphatic carbocycles. The molecule has 7 nitrogen and oxygen atoms in total. The number of methoxy groups -OCH3 is 1. The Labute approximate surface area is 149 Å². The van der Waals surface area contributed by atoms with E-state index in [-0.39, 0.29) is 6.79 Å². The molecule has 2 rings (SSSR count). The molecule has 0 aliphatic heterocycles. The van der Waals surface area contributed by atoms with E-state index in [1.807, 2.05) is 0 Å². The summed E-state index contributed by atoms with van der Waals surface area (Å²) >= 11 is 0. The van der Waals surface area contributed by atoms with E-state index in [2.05, 4.69) is 16.1 Å². The van der Waals surface area contributed by atoms with Crippen LogP contribution in [0.25, 0.3) is 0 Å². The Morgan fingerprint density at radius 3 is 1.96 bits per heavy atom. The van der Waals surface area contributed by atoms with Crippen LogP contribution in [0.3, 0.4) is 0 Å². The Bertz CT molecular complexity index is 792. The summed E-state index contributed by atoms with van der Waals surface area (Å²) in [7, 11) is 1.28. The van der Waals surface area contributed by atoms with E-state index in [9.17, 15) is 14.4 Å². The molecule has 0 saturated carbocycles. The molecule has 0 aromatic heterocycles. The van der Waals surface area contributed by atoms with Gasteiger partial charge in [-0.15, -0.1) is 0 Å². The fourth-order valence-electron chi connectivity index (χ4n) is 1.84. The van der Waals surface area contributed by atoms with Gasteiger partial charge in [0.25, 0.3) is 0 Å². The van der Waals surface area contributed by atoms with Gasteiger partial charge in [0.1, 0.15) is 11.5 Å². The zero-order valence-corrected chi connectivity index (χ0v) is 14.0. The minimum absolute atomic E-state index is 0.263. The molecule has 7 heteroatoms. The minimum Gasteiger partial charge on any atom is -0.465 e. The molecule has 0 unspecified atom stereocenters. The Morgan fingerprint density at radius 1 is 0.885 bits per heavy atom. The molecule has 0 bridgehead atoms. The van der Waals surface area contributed by atoms with Crippen LogP contribution >= 0.6 is 0 Å². The molecular formula is C19H16O7. The van der Waals surface area contributed by atoms with E-state index < -0.39 is 17.9 Å². The summed E-state index contributed by atoms with van der Waals surface area (Å²) in [4.78, 5) is 34.4. The highest BCUT2D eigenvalue weighted by atomic mass is 16.7. The van der Waals surface area contributed by atoms with Crippen LogP contribution in [-0.2, 0) is 14.3 Å². The molecule has 134 valence electrons. The van der Waals surface area contributed by atoms with Gasteiger partial charge in [-0.05, 0) is 48.5 Å². The summed E-state index contributed by atoms with van der Waals surface area (Å²) in [5, 5.41) is 0. The Hall–Kier alpha value is -3.61. The third-order valence-corrected chi connectivity index (χ3v) is 3.17. The van der Waals surface area contributed by atoms with Crippen molar-refractivity contribution in [1.82, 2.24) is 0 Å². The molecule has 0 amide bonds. The lowest BCUT2D eigenvalue weighted by molar-refractivity contribution is -0.144. The van der Waals surface area contributed by atoms with E-state index in [1.165, 1.54) is 43.5 Å². The molecule has 0 N–H and O–H groups in total. The average Bonchev–Trinajstić information content (AvgIpc) is 2.68. The highest BCUT2D eigenvalue weighted by Crippen LogP contribution is 2.17. The molecule has 0 aliphatic rings. The number of ether oxygens (including phenoxy) is 4. The fourth-order valence-corrected chi connectivity index (χ4v) is 1.84. The lowest BCUT2D eigenvalue weighted by atomic mass is 10.2. The standard InChI is InChI=1S/C19H16O7/c1-3-17(20)25-12-24-15-8-4-14(5-9-15)19(22)26-16-10-6-13(7-11-16)18(21)23-2/h3-11H,1,12H2,2H3. The van der Waals surface area contributed by atoms with Gasteiger partial charge in [0.15, 0.2) is 0 Å². The zero-order valence-electron chi connectivity index (χ0n) is 14.0. The van der Waals surface area contributed by atoms with E-state index >= 15 is 0 Å². The van der Waals surface area contributed by atoms with Gasteiger partial charge in [0, 0.05) is 6.08 Å². The third kappa shape index (κ3) is 5.20. The highest BCUT2D eigenvalue weighted by Gasteiger charge is 2.10. The van der Waals surface area contributed by atoms with E-state index in [1.54, 1.807) is 12.1 Å². The van der Waals surface area contributed by atoms with Gasteiger partial charge in [-0.3, -0.25) is 0 Å². The first-order valence-corrected chi connectivity index (χ1v) is 7.46. The van der Waals surface area contributed by atoms with Gasteiger partial charge in [0.2, 0.25) is 6.79 Å². The van der Waals surface area contributed by atoms with Crippen LogP contribution in [0, 0.1) is 0 Å². The minimum atomic E-state index is -0.594. The maximum Gasteiger partial charge on any atom is 0.343 e. The van der Waals surface area contributed by atoms with Gasteiger partial charge < -0.3 is 18.9 Å². The second kappa shape index (κ2) is 9.03. The monoisotopic (exact) mass is 356 g/mol. The van der Waals surface area contributed by atoms with Crippen LogP contribution in [0.1, 0.15) is 20.7 Å². The second-order valence-corrected chi connectivity index (χ2v) is 4.86. The number of esters is 3. The van der Waals surface area contributed by atoms with Crippen molar-refractivity contribution in [3.05, 3.63) is 72.3 Å². The number of hydrogen-bond acceptors (Lipinski definition) is 7. The van der Waals surface area contributed by atoms with Gasteiger partial charge in [-0.2, -0.15) is 0 Å². The van der Waals surface area contributed by atoms with Crippen molar-refractivity contribution in [2.24, 2.45) is 0 Å². The van der Waals surface area contributed by atoms with Crippen molar-refractivity contribution >= 4 is 17.9 Å². The van der Waals surface area contributed by atoms with E-state index in [0.717, 1.165) is 6.08 Å². The molecule has 0 saturated heterocycles. The van der Waals surface area contributed by atoms with Crippen molar-refractivity contribution in [2.75, 3.05) is 13.9 Å². The number of hydrogen-bond donors (Lipinski definition) is 0. The van der Waals surface area contributed by atoms with Crippen LogP contribution in [0.15, 0.2) is 61.2 Å². The Kier molecular flexibility index (Phi) is 6.50. The molecule has 0 atom stereocenters. The van der Waals surface area contributed by atoms with Crippen LogP contribution in [0.2, 0.25) is 0 Å². The predicted octanol–water partition coefficient (Wildman–Crippen LogP) is 2.76. The maximum atomic E-state index is 12.1. The van der Waals surface area contributed by atoms with Crippen LogP contribution in [0.4, 0.5) is 0 Å². The quantitative estimate of drug-likeness (QED) is 0.326. The molecule has 0 fully saturated rings. The maximum absolute atomic E-state index is 12.1. The normalized spacial score (nSPS) is 9.73. The highest BCUT2D eigenvalue weighted by molar-refractivity contribution is 5.92. The van der Waals surface area contributed by atoms with Crippen molar-refractivity contribution in [3.63, 3.8) is 0 Å². The van der Waals surface area contributed by atoms with Crippen molar-refractivity contribution in [2.45, 2.75) is 0 Å². The predicted molar refractivity (Wildman–Crippen MR) is 91.0 cm³/mol. The first-order valence-electron chi connectivity index (χ1n) is 7.46. The van der Waals surface area contributed by atoms with Crippen LogP contribution in [-0.4, -0.2) is 31.8 Å². The van der Waals surface area contributed by atoms with Crippen molar-refractivity contribution < 1.29 is 33.3 Å². The van der Waals surface area contributed by atoms with Gasteiger partial charge >= 0.3 is 17.9 Å². The lowest BCUT2D eigenvalue weighted by Crippen LogP contribution is -2.10. The Morgan fingerprint density at radius 2 is 1.42 bits per heavy atom. The number of rotatable bonds is 7. The molecule has 2 aromatic carbocycles. The summed E-state index contributed by atoms with van der Waals surface area (Å²) in [5.41, 5.74) is 0.656. The van der Waals surface area contributed by atoms with Gasteiger partial charge in [0.05, 0.1) is 18.2 Å². The summed E-state index contributed by atoms with van der Waals surface area (Å²) < 4.78 is 19.7. The summed E-state index contributed by atoms with van der Waals surface area (Å²) in [6.45, 7) is 3.00. The SMILES string of the molecule is C=CC(=O)OCOc1ccc(C(=O)Oc2ccc(C(=O)OC)cc2)cc1. The smallest absolute Gasteiger partial charge is 0.343 e. The first-order chi connectivity index (χ1) is 12.5. The molecule has 0 spiro atoms. The van der Waals surface area contributed by atoms with Crippen LogP contribution in [0.5, 0.6) is 11.5 Å². The van der Waals surface area contributed by atoms with Crippen molar-refractivity contribution in [3.8, 4) is 11.5 Å². The molecule has 0 heterocycles. The topological polar surface area (TPSA) is 88.1 Å². The first kappa shape index (κ1) is 18.7. The summed E-state index contributed by atoms with van der Waals surface area (Å²) in [5.74, 6) is -0.929. The lowest BCUT2D eigenvalue weighted by Gasteiger charge is -2.07. The number of carbonyl (C=O) groups excluding carboxylic acids is 3. The second-order valence-electron chi connectivity index (χ2n) is 4.86. The molecule has 26 heavy (non-hydrogen) atoms. The fraction of sp³-hybridized carbons (Fsp3) is 0.105. The van der Waals surface area contributed by atoms with Crippen molar-refractivity contribution in [1.29, 1.82) is 0 Å².